The molecule has 0 aromatic heterocycles. The van der Waals surface area contributed by atoms with E-state index in [-0.39, 0.29) is 6.03 Å². The SMILES string of the molecule is COc1ccccc1CNC(=O)N(C)CCCC1CC(c2ccccc2)NN1. The van der Waals surface area contributed by atoms with E-state index in [1.807, 2.05) is 37.4 Å². The van der Waals surface area contributed by atoms with E-state index in [1.54, 1.807) is 12.0 Å². The van der Waals surface area contributed by atoms with Crippen LogP contribution in [-0.2, 0) is 6.54 Å². The molecule has 150 valence electrons. The summed E-state index contributed by atoms with van der Waals surface area (Å²) in [5.41, 5.74) is 9.05. The lowest BCUT2D eigenvalue weighted by Gasteiger charge is -2.19. The number of para-hydroxylation sites is 1. The number of ether oxygens (including phenoxy) is 1. The first-order chi connectivity index (χ1) is 13.7. The van der Waals surface area contributed by atoms with Crippen LogP contribution in [0.4, 0.5) is 4.79 Å². The van der Waals surface area contributed by atoms with Gasteiger partial charge in [-0.1, -0.05) is 48.5 Å². The molecule has 2 amide bonds. The largest absolute Gasteiger partial charge is 0.496 e. The lowest BCUT2D eigenvalue weighted by molar-refractivity contribution is 0.207. The molecule has 1 aliphatic heterocycles. The molecule has 2 unspecified atom stereocenters. The fraction of sp³-hybridized carbons (Fsp3) is 0.409. The van der Waals surface area contributed by atoms with Gasteiger partial charge >= 0.3 is 6.03 Å². The highest BCUT2D eigenvalue weighted by Gasteiger charge is 2.24. The smallest absolute Gasteiger partial charge is 0.317 e. The second kappa shape index (κ2) is 10.1. The van der Waals surface area contributed by atoms with E-state index in [2.05, 4.69) is 40.4 Å². The quantitative estimate of drug-likeness (QED) is 0.656. The summed E-state index contributed by atoms with van der Waals surface area (Å²) >= 11 is 0. The third-order valence-corrected chi connectivity index (χ3v) is 5.20. The summed E-state index contributed by atoms with van der Waals surface area (Å²) in [5, 5.41) is 2.96. The Morgan fingerprint density at radius 2 is 1.89 bits per heavy atom. The Labute approximate surface area is 167 Å². The molecule has 6 heteroatoms. The first-order valence-corrected chi connectivity index (χ1v) is 9.84. The molecule has 1 aliphatic rings. The summed E-state index contributed by atoms with van der Waals surface area (Å²) in [7, 11) is 3.48. The first-order valence-electron chi connectivity index (χ1n) is 9.84. The standard InChI is InChI=1S/C22H30N4O2/c1-26(22(27)23-16-18-11-6-7-13-21(18)28-2)14-8-12-19-15-20(25-24-19)17-9-4-3-5-10-17/h3-7,9-11,13,19-20,24-25H,8,12,14-16H2,1-2H3,(H,23,27). The molecule has 0 aliphatic carbocycles. The summed E-state index contributed by atoms with van der Waals surface area (Å²) in [4.78, 5) is 14.1. The van der Waals surface area contributed by atoms with Crippen molar-refractivity contribution in [2.24, 2.45) is 0 Å². The molecule has 1 heterocycles. The number of urea groups is 1. The predicted octanol–water partition coefficient (Wildman–Crippen LogP) is 3.22. The second-order valence-electron chi connectivity index (χ2n) is 7.22. The van der Waals surface area contributed by atoms with Crippen molar-refractivity contribution in [1.82, 2.24) is 21.1 Å². The predicted molar refractivity (Wildman–Crippen MR) is 111 cm³/mol. The summed E-state index contributed by atoms with van der Waals surface area (Å²) in [6.45, 7) is 1.19. The molecule has 0 bridgehead atoms. The van der Waals surface area contributed by atoms with E-state index in [1.165, 1.54) is 5.56 Å². The van der Waals surface area contributed by atoms with Crippen LogP contribution in [0.15, 0.2) is 54.6 Å². The van der Waals surface area contributed by atoms with Gasteiger partial charge in [-0.2, -0.15) is 0 Å². The molecule has 1 saturated heterocycles. The topological polar surface area (TPSA) is 65.6 Å². The number of rotatable bonds is 8. The van der Waals surface area contributed by atoms with Gasteiger partial charge in [-0.15, -0.1) is 0 Å². The minimum Gasteiger partial charge on any atom is -0.496 e. The minimum absolute atomic E-state index is 0.0643. The zero-order valence-electron chi connectivity index (χ0n) is 16.7. The van der Waals surface area contributed by atoms with Crippen LogP contribution in [0.3, 0.4) is 0 Å². The van der Waals surface area contributed by atoms with Crippen molar-refractivity contribution in [3.8, 4) is 5.75 Å². The van der Waals surface area contributed by atoms with Gasteiger partial charge in [-0.05, 0) is 30.9 Å². The van der Waals surface area contributed by atoms with Crippen LogP contribution in [0.25, 0.3) is 0 Å². The van der Waals surface area contributed by atoms with Crippen LogP contribution in [0.5, 0.6) is 5.75 Å². The number of carbonyl (C=O) groups is 1. The van der Waals surface area contributed by atoms with E-state index >= 15 is 0 Å². The molecular weight excluding hydrogens is 352 g/mol. The fourth-order valence-corrected chi connectivity index (χ4v) is 3.55. The number of hydrazine groups is 1. The van der Waals surface area contributed by atoms with Crippen molar-refractivity contribution >= 4 is 6.03 Å². The van der Waals surface area contributed by atoms with Crippen molar-refractivity contribution in [3.63, 3.8) is 0 Å². The minimum atomic E-state index is -0.0643. The molecule has 6 nitrogen and oxygen atoms in total. The van der Waals surface area contributed by atoms with Gasteiger partial charge in [0.1, 0.15) is 5.75 Å². The van der Waals surface area contributed by atoms with Crippen LogP contribution < -0.4 is 20.9 Å². The highest BCUT2D eigenvalue weighted by molar-refractivity contribution is 5.73. The summed E-state index contributed by atoms with van der Waals surface area (Å²) in [6, 6.07) is 18.9. The van der Waals surface area contributed by atoms with E-state index in [0.717, 1.165) is 37.1 Å². The number of hydrogen-bond donors (Lipinski definition) is 3. The molecule has 3 N–H and O–H groups in total. The van der Waals surface area contributed by atoms with Crippen LogP contribution >= 0.6 is 0 Å². The van der Waals surface area contributed by atoms with Crippen LogP contribution in [0.1, 0.15) is 36.4 Å². The highest BCUT2D eigenvalue weighted by atomic mass is 16.5. The second-order valence-corrected chi connectivity index (χ2v) is 7.22. The molecule has 1 fully saturated rings. The lowest BCUT2D eigenvalue weighted by Crippen LogP contribution is -2.38. The zero-order valence-corrected chi connectivity index (χ0v) is 16.7. The number of hydrogen-bond acceptors (Lipinski definition) is 4. The average molecular weight is 383 g/mol. The average Bonchev–Trinajstić information content (AvgIpc) is 3.21. The van der Waals surface area contributed by atoms with E-state index in [9.17, 15) is 4.79 Å². The van der Waals surface area contributed by atoms with Gasteiger partial charge in [-0.3, -0.25) is 10.9 Å². The molecular formula is C22H30N4O2. The van der Waals surface area contributed by atoms with Gasteiger partial charge < -0.3 is 15.0 Å². The van der Waals surface area contributed by atoms with Gasteiger partial charge in [0.25, 0.3) is 0 Å². The summed E-state index contributed by atoms with van der Waals surface area (Å²) in [6.07, 6.45) is 3.05. The number of nitrogens with zero attached hydrogens (tertiary/aromatic N) is 1. The molecule has 2 atom stereocenters. The van der Waals surface area contributed by atoms with E-state index in [4.69, 9.17) is 4.74 Å². The highest BCUT2D eigenvalue weighted by Crippen LogP contribution is 2.23. The Hall–Kier alpha value is -2.57. The zero-order chi connectivity index (χ0) is 19.8. The molecule has 28 heavy (non-hydrogen) atoms. The molecule has 0 radical (unpaired) electrons. The van der Waals surface area contributed by atoms with Crippen molar-refractivity contribution in [1.29, 1.82) is 0 Å². The van der Waals surface area contributed by atoms with Crippen molar-refractivity contribution in [2.45, 2.75) is 37.9 Å². The van der Waals surface area contributed by atoms with Gasteiger partial charge in [0, 0.05) is 37.8 Å². The third-order valence-electron chi connectivity index (χ3n) is 5.20. The Morgan fingerprint density at radius 1 is 1.14 bits per heavy atom. The van der Waals surface area contributed by atoms with E-state index in [0.29, 0.717) is 18.6 Å². The fourth-order valence-electron chi connectivity index (χ4n) is 3.55. The first kappa shape index (κ1) is 20.2. The molecule has 2 aromatic rings. The van der Waals surface area contributed by atoms with Crippen LogP contribution in [0.2, 0.25) is 0 Å². The Bertz CT molecular complexity index is 753. The Morgan fingerprint density at radius 3 is 2.68 bits per heavy atom. The Kier molecular flexibility index (Phi) is 7.28. The number of nitrogens with one attached hydrogen (secondary N) is 3. The number of carbonyl (C=O) groups excluding carboxylic acids is 1. The van der Waals surface area contributed by atoms with Crippen molar-refractivity contribution in [2.75, 3.05) is 20.7 Å². The monoisotopic (exact) mass is 382 g/mol. The van der Waals surface area contributed by atoms with Gasteiger partial charge in [0.05, 0.1) is 7.11 Å². The van der Waals surface area contributed by atoms with Crippen molar-refractivity contribution < 1.29 is 9.53 Å². The molecule has 3 rings (SSSR count). The Balaban J connectivity index is 1.36. The van der Waals surface area contributed by atoms with Gasteiger partial charge in [-0.25, -0.2) is 4.79 Å². The molecule has 2 aromatic carbocycles. The maximum atomic E-state index is 12.3. The molecule has 0 spiro atoms. The molecule has 0 saturated carbocycles. The lowest BCUT2D eigenvalue weighted by atomic mass is 10.00. The number of amides is 2. The van der Waals surface area contributed by atoms with Gasteiger partial charge in [0.15, 0.2) is 0 Å². The maximum absolute atomic E-state index is 12.3. The maximum Gasteiger partial charge on any atom is 0.317 e. The summed E-state index contributed by atoms with van der Waals surface area (Å²) in [5.74, 6) is 0.790. The summed E-state index contributed by atoms with van der Waals surface area (Å²) < 4.78 is 5.32. The van der Waals surface area contributed by atoms with Crippen molar-refractivity contribution in [3.05, 3.63) is 65.7 Å². The van der Waals surface area contributed by atoms with Crippen LogP contribution in [0, 0.1) is 0 Å². The van der Waals surface area contributed by atoms with Crippen LogP contribution in [-0.4, -0.2) is 37.7 Å². The number of benzene rings is 2. The van der Waals surface area contributed by atoms with E-state index < -0.39 is 0 Å². The van der Waals surface area contributed by atoms with Gasteiger partial charge in [0.2, 0.25) is 0 Å². The number of methoxy groups -OCH3 is 1. The third kappa shape index (κ3) is 5.47. The normalized spacial score (nSPS) is 18.6.